The lowest BCUT2D eigenvalue weighted by molar-refractivity contribution is -0.125. The third kappa shape index (κ3) is 2.95. The van der Waals surface area contributed by atoms with Crippen LogP contribution in [0.3, 0.4) is 0 Å². The molecule has 0 saturated carbocycles. The van der Waals surface area contributed by atoms with Crippen molar-refractivity contribution in [3.05, 3.63) is 0 Å². The largest absolute Gasteiger partial charge is 0.410 e. The maximum Gasteiger partial charge on any atom is 0.290 e. The van der Waals surface area contributed by atoms with E-state index in [0.717, 1.165) is 6.92 Å². The lowest BCUT2D eigenvalue weighted by Crippen LogP contribution is -2.33. The molecule has 0 heterocycles. The summed E-state index contributed by atoms with van der Waals surface area (Å²) in [6.07, 6.45) is 0. The number of imide groups is 1. The molecule has 0 saturated heterocycles. The second-order valence-corrected chi connectivity index (χ2v) is 1.57. The third-order valence-electron chi connectivity index (χ3n) is 0.711. The van der Waals surface area contributed by atoms with Gasteiger partial charge in [-0.05, 0) is 0 Å². The van der Waals surface area contributed by atoms with Crippen molar-refractivity contribution in [1.29, 1.82) is 5.26 Å². The van der Waals surface area contributed by atoms with E-state index in [0.29, 0.717) is 0 Å². The van der Waals surface area contributed by atoms with Crippen LogP contribution in [0.2, 0.25) is 0 Å². The van der Waals surface area contributed by atoms with Crippen molar-refractivity contribution in [3.8, 4) is 6.07 Å². The van der Waals surface area contributed by atoms with E-state index in [1.54, 1.807) is 5.32 Å². The van der Waals surface area contributed by atoms with Gasteiger partial charge in [0, 0.05) is 6.92 Å². The number of nitriles is 1. The molecule has 0 radical (unpaired) electrons. The SMILES string of the molecule is CC(=O)NC(=O)/C(C#N)=N\O. The summed E-state index contributed by atoms with van der Waals surface area (Å²) in [5, 5.41) is 20.2. The van der Waals surface area contributed by atoms with Crippen LogP contribution >= 0.6 is 0 Å². The second-order valence-electron chi connectivity index (χ2n) is 1.57. The van der Waals surface area contributed by atoms with Gasteiger partial charge < -0.3 is 5.21 Å². The van der Waals surface area contributed by atoms with Crippen LogP contribution in [0.25, 0.3) is 0 Å². The van der Waals surface area contributed by atoms with Crippen molar-refractivity contribution < 1.29 is 14.8 Å². The molecule has 0 unspecified atom stereocenters. The number of hydrogen-bond donors (Lipinski definition) is 2. The van der Waals surface area contributed by atoms with Crippen LogP contribution < -0.4 is 5.32 Å². The molecular formula is C5H5N3O3. The molecule has 6 nitrogen and oxygen atoms in total. The molecule has 0 atom stereocenters. The fourth-order valence-electron chi connectivity index (χ4n) is 0.338. The monoisotopic (exact) mass is 155 g/mol. The Labute approximate surface area is 62.1 Å². The fraction of sp³-hybridized carbons (Fsp3) is 0.200. The highest BCUT2D eigenvalue weighted by atomic mass is 16.4. The minimum atomic E-state index is -1.01. The quantitative estimate of drug-likeness (QED) is 0.288. The summed E-state index contributed by atoms with van der Waals surface area (Å²) in [4.78, 5) is 20.8. The highest BCUT2D eigenvalue weighted by Gasteiger charge is 2.11. The molecule has 0 bridgehead atoms. The number of nitrogens with one attached hydrogen (secondary N) is 1. The Kier molecular flexibility index (Phi) is 3.31. The molecular weight excluding hydrogens is 150 g/mol. The first-order chi connectivity index (χ1) is 5.11. The summed E-state index contributed by atoms with van der Waals surface area (Å²) in [7, 11) is 0. The zero-order valence-corrected chi connectivity index (χ0v) is 5.66. The van der Waals surface area contributed by atoms with Crippen molar-refractivity contribution in [1.82, 2.24) is 5.32 Å². The van der Waals surface area contributed by atoms with Gasteiger partial charge in [-0.1, -0.05) is 5.16 Å². The molecule has 11 heavy (non-hydrogen) atoms. The fourth-order valence-corrected chi connectivity index (χ4v) is 0.338. The first-order valence-corrected chi connectivity index (χ1v) is 2.56. The molecule has 6 heteroatoms. The Balaban J connectivity index is 4.28. The van der Waals surface area contributed by atoms with Gasteiger partial charge in [-0.2, -0.15) is 5.26 Å². The summed E-state index contributed by atoms with van der Waals surface area (Å²) >= 11 is 0. The molecule has 0 fully saturated rings. The number of rotatable bonds is 1. The van der Waals surface area contributed by atoms with Gasteiger partial charge in [0.05, 0.1) is 0 Å². The summed E-state index contributed by atoms with van der Waals surface area (Å²) in [5.74, 6) is -1.63. The van der Waals surface area contributed by atoms with E-state index < -0.39 is 17.5 Å². The molecule has 0 spiro atoms. The predicted molar refractivity (Wildman–Crippen MR) is 33.7 cm³/mol. The molecule has 2 N–H and O–H groups in total. The van der Waals surface area contributed by atoms with Gasteiger partial charge in [0.1, 0.15) is 6.07 Å². The Morgan fingerprint density at radius 2 is 2.18 bits per heavy atom. The van der Waals surface area contributed by atoms with Crippen LogP contribution in [-0.4, -0.2) is 22.7 Å². The van der Waals surface area contributed by atoms with Crippen LogP contribution in [0.1, 0.15) is 6.92 Å². The number of oxime groups is 1. The van der Waals surface area contributed by atoms with E-state index in [4.69, 9.17) is 10.5 Å². The van der Waals surface area contributed by atoms with Crippen molar-refractivity contribution in [2.24, 2.45) is 5.16 Å². The topological polar surface area (TPSA) is 103 Å². The van der Waals surface area contributed by atoms with Gasteiger partial charge in [-0.3, -0.25) is 14.9 Å². The van der Waals surface area contributed by atoms with Gasteiger partial charge in [0.25, 0.3) is 5.91 Å². The van der Waals surface area contributed by atoms with Crippen LogP contribution in [0.4, 0.5) is 0 Å². The zero-order valence-electron chi connectivity index (χ0n) is 5.66. The van der Waals surface area contributed by atoms with Gasteiger partial charge in [-0.15, -0.1) is 0 Å². The molecule has 0 aliphatic heterocycles. The standard InChI is InChI=1S/C5H5N3O3/c1-3(9)7-5(10)4(2-6)8-11/h11H,1H3,(H,7,9,10)/b8-4-. The van der Waals surface area contributed by atoms with Crippen molar-refractivity contribution >= 4 is 17.5 Å². The molecule has 0 aromatic carbocycles. The van der Waals surface area contributed by atoms with Gasteiger partial charge in [0.2, 0.25) is 11.6 Å². The normalized spacial score (nSPS) is 10.0. The summed E-state index contributed by atoms with van der Waals surface area (Å²) in [6.45, 7) is 1.10. The lowest BCUT2D eigenvalue weighted by atomic mass is 10.4. The number of carbonyl (C=O) groups excluding carboxylic acids is 2. The zero-order chi connectivity index (χ0) is 8.85. The number of amides is 2. The Morgan fingerprint density at radius 3 is 2.45 bits per heavy atom. The third-order valence-corrected chi connectivity index (χ3v) is 0.711. The average molecular weight is 155 g/mol. The Bertz CT molecular complexity index is 250. The minimum absolute atomic E-state index is 0.619. The maximum absolute atomic E-state index is 10.6. The highest BCUT2D eigenvalue weighted by Crippen LogP contribution is 1.74. The van der Waals surface area contributed by atoms with Gasteiger partial charge in [0.15, 0.2) is 0 Å². The number of hydrogen-bond acceptors (Lipinski definition) is 5. The first kappa shape index (κ1) is 9.10. The van der Waals surface area contributed by atoms with Crippen LogP contribution in [0.15, 0.2) is 5.16 Å². The summed E-state index contributed by atoms with van der Waals surface area (Å²) < 4.78 is 0. The molecule has 2 amide bonds. The molecule has 58 valence electrons. The van der Waals surface area contributed by atoms with Gasteiger partial charge >= 0.3 is 0 Å². The van der Waals surface area contributed by atoms with Crippen molar-refractivity contribution in [2.75, 3.05) is 0 Å². The summed E-state index contributed by atoms with van der Waals surface area (Å²) in [6, 6.07) is 1.29. The second kappa shape index (κ2) is 4.00. The van der Waals surface area contributed by atoms with Crippen molar-refractivity contribution in [3.63, 3.8) is 0 Å². The first-order valence-electron chi connectivity index (χ1n) is 2.56. The smallest absolute Gasteiger partial charge is 0.290 e. The number of carbonyl (C=O) groups is 2. The highest BCUT2D eigenvalue weighted by molar-refractivity contribution is 6.46. The van der Waals surface area contributed by atoms with E-state index >= 15 is 0 Å². The molecule has 0 aliphatic carbocycles. The molecule has 0 rings (SSSR count). The lowest BCUT2D eigenvalue weighted by Gasteiger charge is -1.93. The van der Waals surface area contributed by atoms with Crippen molar-refractivity contribution in [2.45, 2.75) is 6.92 Å². The van der Waals surface area contributed by atoms with Crippen LogP contribution in [-0.2, 0) is 9.59 Å². The molecule has 0 aromatic rings. The number of nitrogens with zero attached hydrogens (tertiary/aromatic N) is 2. The van der Waals surface area contributed by atoms with Gasteiger partial charge in [-0.25, -0.2) is 0 Å². The minimum Gasteiger partial charge on any atom is -0.410 e. The molecule has 0 aliphatic rings. The van der Waals surface area contributed by atoms with E-state index in [1.807, 2.05) is 0 Å². The van der Waals surface area contributed by atoms with E-state index in [9.17, 15) is 9.59 Å². The maximum atomic E-state index is 10.6. The molecule has 0 aromatic heterocycles. The average Bonchev–Trinajstić information content (AvgIpc) is 1.88. The Morgan fingerprint density at radius 1 is 1.64 bits per heavy atom. The van der Waals surface area contributed by atoms with Crippen LogP contribution in [0, 0.1) is 11.3 Å². The van der Waals surface area contributed by atoms with Crippen LogP contribution in [0.5, 0.6) is 0 Å². The van der Waals surface area contributed by atoms with E-state index in [-0.39, 0.29) is 0 Å². The Hall–Kier alpha value is -1.90. The predicted octanol–water partition coefficient (Wildman–Crippen LogP) is -0.997. The van der Waals surface area contributed by atoms with E-state index in [1.165, 1.54) is 6.07 Å². The summed E-state index contributed by atoms with van der Waals surface area (Å²) in [5.41, 5.74) is -0.750. The van der Waals surface area contributed by atoms with E-state index in [2.05, 4.69) is 5.16 Å².